The fourth-order valence-corrected chi connectivity index (χ4v) is 3.18. The molecule has 0 aromatic heterocycles. The van der Waals surface area contributed by atoms with E-state index >= 15 is 0 Å². The summed E-state index contributed by atoms with van der Waals surface area (Å²) < 4.78 is 11.4. The smallest absolute Gasteiger partial charge is 0.129 e. The third-order valence-electron chi connectivity index (χ3n) is 4.33. The lowest BCUT2D eigenvalue weighted by atomic mass is 9.85. The SMILES string of the molecule is CCC1CCCC(OCc2ccc(C(N)=S)c(OC)c2)C1. The van der Waals surface area contributed by atoms with E-state index in [9.17, 15) is 0 Å². The minimum absolute atomic E-state index is 0.359. The Hall–Kier alpha value is -1.13. The maximum Gasteiger partial charge on any atom is 0.129 e. The van der Waals surface area contributed by atoms with Crippen molar-refractivity contribution in [1.29, 1.82) is 0 Å². The van der Waals surface area contributed by atoms with Gasteiger partial charge in [-0.05, 0) is 36.5 Å². The predicted molar refractivity (Wildman–Crippen MR) is 89.7 cm³/mol. The molecule has 4 heteroatoms. The Morgan fingerprint density at radius 2 is 2.19 bits per heavy atom. The molecule has 0 radical (unpaired) electrons. The molecule has 0 bridgehead atoms. The number of hydrogen-bond acceptors (Lipinski definition) is 3. The molecule has 0 aliphatic heterocycles. The van der Waals surface area contributed by atoms with E-state index in [1.807, 2.05) is 18.2 Å². The Bertz CT molecular complexity index is 490. The summed E-state index contributed by atoms with van der Waals surface area (Å²) in [7, 11) is 1.63. The van der Waals surface area contributed by atoms with Crippen LogP contribution in [-0.2, 0) is 11.3 Å². The van der Waals surface area contributed by atoms with Crippen molar-refractivity contribution in [3.63, 3.8) is 0 Å². The highest BCUT2D eigenvalue weighted by atomic mass is 32.1. The summed E-state index contributed by atoms with van der Waals surface area (Å²) >= 11 is 5.02. The second-order valence-electron chi connectivity index (χ2n) is 5.77. The first-order valence-corrected chi connectivity index (χ1v) is 8.13. The summed E-state index contributed by atoms with van der Waals surface area (Å²) in [6, 6.07) is 5.89. The number of ether oxygens (including phenoxy) is 2. The molecule has 1 saturated carbocycles. The van der Waals surface area contributed by atoms with Crippen molar-refractivity contribution in [2.45, 2.75) is 51.7 Å². The highest BCUT2D eigenvalue weighted by molar-refractivity contribution is 7.80. The van der Waals surface area contributed by atoms with E-state index in [1.165, 1.54) is 32.1 Å². The first-order chi connectivity index (χ1) is 10.1. The summed E-state index contributed by atoms with van der Waals surface area (Å²) in [5.74, 6) is 1.55. The van der Waals surface area contributed by atoms with Gasteiger partial charge in [0.25, 0.3) is 0 Å². The molecular weight excluding hydrogens is 282 g/mol. The van der Waals surface area contributed by atoms with Crippen LogP contribution in [0, 0.1) is 5.92 Å². The number of nitrogens with two attached hydrogens (primary N) is 1. The first-order valence-electron chi connectivity index (χ1n) is 7.72. The standard InChI is InChI=1S/C17H25NO2S/c1-3-12-5-4-6-14(9-12)20-11-13-7-8-15(17(18)21)16(10-13)19-2/h7-8,10,12,14H,3-6,9,11H2,1-2H3,(H2,18,21). The average Bonchev–Trinajstić information content (AvgIpc) is 2.52. The third kappa shape index (κ3) is 4.42. The molecule has 2 N–H and O–H groups in total. The fraction of sp³-hybridized carbons (Fsp3) is 0.588. The molecule has 2 atom stereocenters. The minimum Gasteiger partial charge on any atom is -0.496 e. The Kier molecular flexibility index (Phi) is 6.00. The highest BCUT2D eigenvalue weighted by Gasteiger charge is 2.21. The van der Waals surface area contributed by atoms with Gasteiger partial charge in [-0.1, -0.05) is 44.5 Å². The molecule has 2 unspecified atom stereocenters. The molecular formula is C17H25NO2S. The van der Waals surface area contributed by atoms with Crippen molar-refractivity contribution in [2.75, 3.05) is 7.11 Å². The lowest BCUT2D eigenvalue weighted by molar-refractivity contribution is 0.00171. The largest absolute Gasteiger partial charge is 0.496 e. The zero-order valence-electron chi connectivity index (χ0n) is 12.9. The number of rotatable bonds is 6. The van der Waals surface area contributed by atoms with Gasteiger partial charge in [0.15, 0.2) is 0 Å². The van der Waals surface area contributed by atoms with Gasteiger partial charge < -0.3 is 15.2 Å². The lowest BCUT2D eigenvalue weighted by Crippen LogP contribution is -2.22. The summed E-state index contributed by atoms with van der Waals surface area (Å²) in [6.07, 6.45) is 6.66. The van der Waals surface area contributed by atoms with E-state index < -0.39 is 0 Å². The monoisotopic (exact) mass is 307 g/mol. The molecule has 1 aromatic carbocycles. The van der Waals surface area contributed by atoms with E-state index in [-0.39, 0.29) is 0 Å². The van der Waals surface area contributed by atoms with Crippen LogP contribution < -0.4 is 10.5 Å². The Labute approximate surface area is 132 Å². The van der Waals surface area contributed by atoms with Crippen molar-refractivity contribution in [3.8, 4) is 5.75 Å². The van der Waals surface area contributed by atoms with Crippen molar-refractivity contribution >= 4 is 17.2 Å². The molecule has 21 heavy (non-hydrogen) atoms. The molecule has 3 nitrogen and oxygen atoms in total. The average molecular weight is 307 g/mol. The lowest BCUT2D eigenvalue weighted by Gasteiger charge is -2.28. The van der Waals surface area contributed by atoms with E-state index in [2.05, 4.69) is 6.92 Å². The van der Waals surface area contributed by atoms with Crippen molar-refractivity contribution < 1.29 is 9.47 Å². The molecule has 116 valence electrons. The zero-order valence-corrected chi connectivity index (χ0v) is 13.7. The maximum atomic E-state index is 6.08. The highest BCUT2D eigenvalue weighted by Crippen LogP contribution is 2.29. The van der Waals surface area contributed by atoms with Gasteiger partial charge in [0, 0.05) is 0 Å². The number of thiocarbonyl (C=S) groups is 1. The van der Waals surface area contributed by atoms with Crippen LogP contribution in [0.25, 0.3) is 0 Å². The van der Waals surface area contributed by atoms with E-state index in [4.69, 9.17) is 27.4 Å². The summed E-state index contributed by atoms with van der Waals surface area (Å²) in [5.41, 5.74) is 7.56. The van der Waals surface area contributed by atoms with Crippen molar-refractivity contribution in [1.82, 2.24) is 0 Å². The Balaban J connectivity index is 1.95. The summed E-state index contributed by atoms with van der Waals surface area (Å²) in [4.78, 5) is 0.359. The van der Waals surface area contributed by atoms with Gasteiger partial charge in [0.1, 0.15) is 10.7 Å². The van der Waals surface area contributed by atoms with Crippen LogP contribution >= 0.6 is 12.2 Å². The van der Waals surface area contributed by atoms with Gasteiger partial charge in [-0.25, -0.2) is 0 Å². The zero-order chi connectivity index (χ0) is 15.2. The molecule has 0 spiro atoms. The van der Waals surface area contributed by atoms with Crippen LogP contribution in [0.2, 0.25) is 0 Å². The molecule has 1 aliphatic carbocycles. The number of methoxy groups -OCH3 is 1. The molecule has 1 aliphatic rings. The normalized spacial score (nSPS) is 22.0. The van der Waals surface area contributed by atoms with Crippen LogP contribution in [0.5, 0.6) is 5.75 Å². The second-order valence-corrected chi connectivity index (χ2v) is 6.21. The van der Waals surface area contributed by atoms with Crippen LogP contribution in [-0.4, -0.2) is 18.2 Å². The maximum absolute atomic E-state index is 6.08. The van der Waals surface area contributed by atoms with Gasteiger partial charge in [-0.2, -0.15) is 0 Å². The molecule has 1 fully saturated rings. The molecule has 1 aromatic rings. The molecule has 2 rings (SSSR count). The van der Waals surface area contributed by atoms with Crippen molar-refractivity contribution in [3.05, 3.63) is 29.3 Å². The molecule has 0 amide bonds. The van der Waals surface area contributed by atoms with E-state index in [0.29, 0.717) is 17.7 Å². The van der Waals surface area contributed by atoms with Crippen LogP contribution in [0.3, 0.4) is 0 Å². The quantitative estimate of drug-likeness (QED) is 0.812. The number of hydrogen-bond donors (Lipinski definition) is 1. The Morgan fingerprint density at radius 1 is 1.38 bits per heavy atom. The summed E-state index contributed by atoms with van der Waals surface area (Å²) in [5, 5.41) is 0. The van der Waals surface area contributed by atoms with Gasteiger partial charge in [0.05, 0.1) is 25.4 Å². The van der Waals surface area contributed by atoms with Crippen LogP contribution in [0.4, 0.5) is 0 Å². The second kappa shape index (κ2) is 7.76. The van der Waals surface area contributed by atoms with Crippen LogP contribution in [0.15, 0.2) is 18.2 Å². The van der Waals surface area contributed by atoms with Gasteiger partial charge in [0.2, 0.25) is 0 Å². The van der Waals surface area contributed by atoms with Crippen LogP contribution in [0.1, 0.15) is 50.2 Å². The van der Waals surface area contributed by atoms with Gasteiger partial charge in [-0.3, -0.25) is 0 Å². The Morgan fingerprint density at radius 3 is 2.86 bits per heavy atom. The fourth-order valence-electron chi connectivity index (χ4n) is 3.01. The molecule has 0 saturated heterocycles. The van der Waals surface area contributed by atoms with Gasteiger partial charge in [-0.15, -0.1) is 0 Å². The van der Waals surface area contributed by atoms with E-state index in [1.54, 1.807) is 7.11 Å². The predicted octanol–water partition coefficient (Wildman–Crippen LogP) is 3.81. The third-order valence-corrected chi connectivity index (χ3v) is 4.55. The molecule has 0 heterocycles. The van der Waals surface area contributed by atoms with E-state index in [0.717, 1.165) is 22.8 Å². The first kappa shape index (κ1) is 16.2. The number of benzene rings is 1. The topological polar surface area (TPSA) is 44.5 Å². The summed E-state index contributed by atoms with van der Waals surface area (Å²) in [6.45, 7) is 2.89. The van der Waals surface area contributed by atoms with Gasteiger partial charge >= 0.3 is 0 Å². The van der Waals surface area contributed by atoms with Crippen molar-refractivity contribution in [2.24, 2.45) is 11.7 Å². The minimum atomic E-state index is 0.359.